The Hall–Kier alpha value is -1.90. The van der Waals surface area contributed by atoms with Gasteiger partial charge in [-0.05, 0) is 54.4 Å². The van der Waals surface area contributed by atoms with E-state index < -0.39 is 5.97 Å². The van der Waals surface area contributed by atoms with Gasteiger partial charge in [0.1, 0.15) is 0 Å². The van der Waals surface area contributed by atoms with Gasteiger partial charge in [-0.15, -0.1) is 0 Å². The van der Waals surface area contributed by atoms with Gasteiger partial charge in [0, 0.05) is 11.1 Å². The van der Waals surface area contributed by atoms with E-state index >= 15 is 0 Å². The molecule has 0 amide bonds. The molecule has 0 atom stereocenters. The van der Waals surface area contributed by atoms with Crippen LogP contribution in [-0.2, 0) is 19.3 Å². The second kappa shape index (κ2) is 4.83. The lowest BCUT2D eigenvalue weighted by Crippen LogP contribution is -2.25. The molecule has 0 spiro atoms. The highest BCUT2D eigenvalue weighted by Crippen LogP contribution is 2.38. The smallest absolute Gasteiger partial charge is 0.336 e. The van der Waals surface area contributed by atoms with E-state index in [0.29, 0.717) is 5.56 Å². The Balaban J connectivity index is 2.33. The Bertz CT molecular complexity index is 732. The summed E-state index contributed by atoms with van der Waals surface area (Å²) in [7, 11) is 0. The first-order chi connectivity index (χ1) is 9.91. The Morgan fingerprint density at radius 2 is 2.14 bits per heavy atom. The third kappa shape index (κ3) is 2.41. The molecule has 0 saturated carbocycles. The van der Waals surface area contributed by atoms with Gasteiger partial charge in [0.2, 0.25) is 0 Å². The zero-order valence-corrected chi connectivity index (χ0v) is 12.9. The molecule has 1 aliphatic rings. The number of aryl methyl sites for hydroxylation is 2. The molecule has 1 heterocycles. The van der Waals surface area contributed by atoms with E-state index in [1.807, 2.05) is 18.2 Å². The van der Waals surface area contributed by atoms with Crippen molar-refractivity contribution in [3.63, 3.8) is 0 Å². The molecule has 0 saturated heterocycles. The highest BCUT2D eigenvalue weighted by atomic mass is 16.4. The molecule has 1 N–H and O–H groups in total. The van der Waals surface area contributed by atoms with Gasteiger partial charge >= 0.3 is 5.97 Å². The van der Waals surface area contributed by atoms with Crippen molar-refractivity contribution in [3.05, 3.63) is 40.6 Å². The van der Waals surface area contributed by atoms with Gasteiger partial charge in [-0.25, -0.2) is 4.79 Å². The first-order valence-electron chi connectivity index (χ1n) is 7.59. The number of carboxylic acids is 1. The predicted molar refractivity (Wildman–Crippen MR) is 83.9 cm³/mol. The number of pyridine rings is 1. The number of rotatable bonds is 2. The van der Waals surface area contributed by atoms with Crippen molar-refractivity contribution in [2.45, 2.75) is 46.5 Å². The molecule has 110 valence electrons. The lowest BCUT2D eigenvalue weighted by atomic mass is 9.74. The second-order valence-corrected chi connectivity index (χ2v) is 6.76. The SMILES string of the molecule is CCc1ccc2nc3c(c(C(=O)O)c2c1)CC(C)(C)CC3. The second-order valence-electron chi connectivity index (χ2n) is 6.76. The van der Waals surface area contributed by atoms with Crippen molar-refractivity contribution in [2.75, 3.05) is 0 Å². The Labute approximate surface area is 125 Å². The predicted octanol–water partition coefficient (Wildman–Crippen LogP) is 4.01. The van der Waals surface area contributed by atoms with E-state index in [2.05, 4.69) is 20.8 Å². The van der Waals surface area contributed by atoms with Crippen LogP contribution >= 0.6 is 0 Å². The molecular weight excluding hydrogens is 262 g/mol. The van der Waals surface area contributed by atoms with Crippen molar-refractivity contribution < 1.29 is 9.90 Å². The fourth-order valence-corrected chi connectivity index (χ4v) is 3.29. The lowest BCUT2D eigenvalue weighted by molar-refractivity contribution is 0.0696. The molecule has 1 aromatic heterocycles. The van der Waals surface area contributed by atoms with Gasteiger partial charge in [0.25, 0.3) is 0 Å². The highest BCUT2D eigenvalue weighted by molar-refractivity contribution is 6.04. The van der Waals surface area contributed by atoms with Crippen molar-refractivity contribution in [2.24, 2.45) is 5.41 Å². The topological polar surface area (TPSA) is 50.2 Å². The van der Waals surface area contributed by atoms with Crippen LogP contribution in [0.25, 0.3) is 10.9 Å². The van der Waals surface area contributed by atoms with Gasteiger partial charge in [0.15, 0.2) is 0 Å². The minimum atomic E-state index is -0.829. The van der Waals surface area contributed by atoms with Gasteiger partial charge in [-0.3, -0.25) is 4.98 Å². The molecule has 0 radical (unpaired) electrons. The van der Waals surface area contributed by atoms with Crippen LogP contribution in [0.2, 0.25) is 0 Å². The summed E-state index contributed by atoms with van der Waals surface area (Å²) >= 11 is 0. The lowest BCUT2D eigenvalue weighted by Gasteiger charge is -2.32. The number of hydrogen-bond acceptors (Lipinski definition) is 2. The fraction of sp³-hybridized carbons (Fsp3) is 0.444. The van der Waals surface area contributed by atoms with Crippen LogP contribution in [-0.4, -0.2) is 16.1 Å². The molecule has 0 aliphatic heterocycles. The molecule has 3 nitrogen and oxygen atoms in total. The largest absolute Gasteiger partial charge is 0.478 e. The van der Waals surface area contributed by atoms with Gasteiger partial charge in [-0.1, -0.05) is 26.8 Å². The van der Waals surface area contributed by atoms with Crippen molar-refractivity contribution in [3.8, 4) is 0 Å². The maximum atomic E-state index is 11.9. The molecule has 3 heteroatoms. The van der Waals surface area contributed by atoms with Gasteiger partial charge in [0.05, 0.1) is 11.1 Å². The maximum Gasteiger partial charge on any atom is 0.336 e. The van der Waals surface area contributed by atoms with Crippen LogP contribution in [0, 0.1) is 5.41 Å². The summed E-state index contributed by atoms with van der Waals surface area (Å²) in [6.07, 6.45) is 3.62. The normalized spacial score (nSPS) is 16.7. The van der Waals surface area contributed by atoms with Crippen molar-refractivity contribution in [1.29, 1.82) is 0 Å². The van der Waals surface area contributed by atoms with E-state index in [0.717, 1.165) is 53.4 Å². The van der Waals surface area contributed by atoms with E-state index in [1.165, 1.54) is 0 Å². The summed E-state index contributed by atoms with van der Waals surface area (Å²) in [6, 6.07) is 5.99. The number of aromatic carboxylic acids is 1. The zero-order valence-electron chi connectivity index (χ0n) is 12.9. The number of hydrogen-bond donors (Lipinski definition) is 1. The molecule has 0 bridgehead atoms. The van der Waals surface area contributed by atoms with E-state index in [4.69, 9.17) is 4.98 Å². The average Bonchev–Trinajstić information content (AvgIpc) is 2.43. The third-order valence-corrected chi connectivity index (χ3v) is 4.55. The zero-order chi connectivity index (χ0) is 15.2. The number of fused-ring (bicyclic) bond motifs is 2. The number of carbonyl (C=O) groups is 1. The van der Waals surface area contributed by atoms with E-state index in [9.17, 15) is 9.90 Å². The number of benzene rings is 1. The van der Waals surface area contributed by atoms with Crippen LogP contribution in [0.15, 0.2) is 18.2 Å². The van der Waals surface area contributed by atoms with E-state index in [-0.39, 0.29) is 5.41 Å². The average molecular weight is 283 g/mol. The minimum absolute atomic E-state index is 0.148. The molecule has 21 heavy (non-hydrogen) atoms. The first kappa shape index (κ1) is 14.1. The van der Waals surface area contributed by atoms with Crippen LogP contribution in [0.4, 0.5) is 0 Å². The Morgan fingerprint density at radius 3 is 2.81 bits per heavy atom. The Morgan fingerprint density at radius 1 is 1.38 bits per heavy atom. The van der Waals surface area contributed by atoms with Crippen molar-refractivity contribution >= 4 is 16.9 Å². The summed E-state index contributed by atoms with van der Waals surface area (Å²) in [4.78, 5) is 16.6. The number of aromatic nitrogens is 1. The molecule has 0 fully saturated rings. The summed E-state index contributed by atoms with van der Waals surface area (Å²) in [6.45, 7) is 6.49. The quantitative estimate of drug-likeness (QED) is 0.906. The summed E-state index contributed by atoms with van der Waals surface area (Å²) < 4.78 is 0. The van der Waals surface area contributed by atoms with Crippen LogP contribution < -0.4 is 0 Å². The first-order valence-corrected chi connectivity index (χ1v) is 7.59. The van der Waals surface area contributed by atoms with Crippen LogP contribution in [0.1, 0.15) is 54.4 Å². The summed E-state index contributed by atoms with van der Waals surface area (Å²) in [5, 5.41) is 10.5. The standard InChI is InChI=1S/C18H21NO2/c1-4-11-5-6-14-12(9-11)16(17(20)21)13-10-18(2,3)8-7-15(13)19-14/h5-6,9H,4,7-8,10H2,1-3H3,(H,20,21). The molecule has 1 aromatic carbocycles. The molecule has 2 aromatic rings. The molecule has 0 unspecified atom stereocenters. The van der Waals surface area contributed by atoms with Gasteiger partial charge in [-0.2, -0.15) is 0 Å². The minimum Gasteiger partial charge on any atom is -0.478 e. The summed E-state index contributed by atoms with van der Waals surface area (Å²) in [5.41, 5.74) is 4.50. The van der Waals surface area contributed by atoms with Crippen molar-refractivity contribution in [1.82, 2.24) is 4.98 Å². The molecule has 3 rings (SSSR count). The van der Waals surface area contributed by atoms with Crippen LogP contribution in [0.5, 0.6) is 0 Å². The Kier molecular flexibility index (Phi) is 3.23. The highest BCUT2D eigenvalue weighted by Gasteiger charge is 2.30. The monoisotopic (exact) mass is 283 g/mol. The number of nitrogens with zero attached hydrogens (tertiary/aromatic N) is 1. The summed E-state index contributed by atoms with van der Waals surface area (Å²) in [5.74, 6) is -0.829. The number of carboxylic acid groups (broad SMARTS) is 1. The van der Waals surface area contributed by atoms with E-state index in [1.54, 1.807) is 0 Å². The fourth-order valence-electron chi connectivity index (χ4n) is 3.29. The maximum absolute atomic E-state index is 11.9. The molecular formula is C18H21NO2. The van der Waals surface area contributed by atoms with Crippen LogP contribution in [0.3, 0.4) is 0 Å². The molecule has 1 aliphatic carbocycles. The third-order valence-electron chi connectivity index (χ3n) is 4.55. The van der Waals surface area contributed by atoms with Gasteiger partial charge < -0.3 is 5.11 Å².